The van der Waals surface area contributed by atoms with Gasteiger partial charge in [0.1, 0.15) is 24.8 Å². The lowest BCUT2D eigenvalue weighted by molar-refractivity contribution is -0.384. The Morgan fingerprint density at radius 1 is 0.350 bits per heavy atom. The summed E-state index contributed by atoms with van der Waals surface area (Å²) in [5.41, 5.74) is 21.2. The largest absolute Gasteiger partial charge is 0.573 e. The van der Waals surface area contributed by atoms with E-state index in [1.54, 1.807) is 55.5 Å². The zero-order valence-electron chi connectivity index (χ0n) is 92.4. The van der Waals surface area contributed by atoms with Crippen molar-refractivity contribution in [3.8, 4) is 17.2 Å². The highest BCUT2D eigenvalue weighted by Crippen LogP contribution is 2.38. The van der Waals surface area contributed by atoms with Crippen LogP contribution in [-0.2, 0) is 72.2 Å². The van der Waals surface area contributed by atoms with Crippen LogP contribution in [0.5, 0.6) is 17.2 Å². The fraction of sp³-hybridized carbons (Fsp3) is 0.456. The Kier molecular flexibility index (Phi) is 46.9. The summed E-state index contributed by atoms with van der Waals surface area (Å²) in [5.74, 6) is 1.55. The second kappa shape index (κ2) is 52.6. The third-order valence-corrected chi connectivity index (χ3v) is 22.4. The molecule has 0 saturated carbocycles. The zero-order chi connectivity index (χ0) is 108. The maximum absolute atomic E-state index is 12.7. The fourth-order valence-electron chi connectivity index (χ4n) is 13.4. The molecule has 0 unspecified atom stereocenters. The van der Waals surface area contributed by atoms with E-state index in [0.717, 1.165) is 46.2 Å². The van der Waals surface area contributed by atoms with Gasteiger partial charge in [0, 0.05) is 17.7 Å². The van der Waals surface area contributed by atoms with Crippen LogP contribution in [0.3, 0.4) is 0 Å². The molecule has 140 heavy (non-hydrogen) atoms. The number of carbonyl (C=O) groups is 1. The van der Waals surface area contributed by atoms with Crippen LogP contribution in [0.15, 0.2) is 261 Å². The number of aryl methyl sites for hydroxylation is 3. The number of rotatable bonds is 4. The molecule has 8 nitrogen and oxygen atoms in total. The Hall–Kier alpha value is -11.1. The van der Waals surface area contributed by atoms with Crippen LogP contribution in [0.2, 0.25) is 0 Å². The van der Waals surface area contributed by atoms with Crippen LogP contribution in [0.1, 0.15) is 356 Å². The van der Waals surface area contributed by atoms with Gasteiger partial charge in [-0.2, -0.15) is 13.2 Å². The minimum atomic E-state index is -4.63. The van der Waals surface area contributed by atoms with E-state index in [1.807, 2.05) is 109 Å². The number of benzene rings is 11. The van der Waals surface area contributed by atoms with Gasteiger partial charge in [-0.05, 0) is 214 Å². The minimum absolute atomic E-state index is 0.0507. The van der Waals surface area contributed by atoms with Gasteiger partial charge >= 0.3 is 12.5 Å². The van der Waals surface area contributed by atoms with E-state index in [0.29, 0.717) is 29.9 Å². The summed E-state index contributed by atoms with van der Waals surface area (Å²) in [5, 5.41) is 10.4. The van der Waals surface area contributed by atoms with Gasteiger partial charge in [-0.15, -0.1) is 13.2 Å². The first-order valence-corrected chi connectivity index (χ1v) is 48.4. The number of hydrogen-bond donors (Lipinski definition) is 0. The number of hydrogen-bond acceptors (Lipinski definition) is 6. The molecule has 0 N–H and O–H groups in total. The molecule has 0 aromatic heterocycles. The van der Waals surface area contributed by atoms with E-state index in [4.69, 9.17) is 16.0 Å². The standard InChI is InChI=1S/C14H22.C12H16O2.C12H16O.C11H13F3O.C11H13F3.C11H15F.C11H13N.3C11H16.C10H13NO2/c1-13(2,3)11-7-9-12(10-8-11)14(4,5)6;1-12(2,3)9-4-5-10-11(8-9)14-7-6-13-10;1-9(13)10-5-7-11(8-6-10)12(2,3)4;1-10(2,3)8-5-4-6-9(7-8)15-11(12,13)14;1-10(2,3)8-5-4-6-9(7-8)11(12,13)14;1-8-7-9(12)5-6-10(8)11(2,3)4;1-11(2,3)9-5-7-10(12-4)8-6-9;2*1-9-5-7-10(8-6-9)11(2,3)4;1-11(2,3)9-10-7-5-4-6-8-10;1-10(2,3)8-4-6-9(7-5-8)11(12)13/h7-10H,1-6H3;4-5,8H,6-7H2,1-3H3;5-8H,1-4H3;4-7H,1-3H3;4-7H,1-3H3;5-7H,1-4H3;5-8H,1-3H3;2*5-8H,1-4H3;4-8H,9H2,1-3H3;4-7H,1-3H3. The average Bonchev–Trinajstić information content (AvgIpc) is 0.829. The van der Waals surface area contributed by atoms with Crippen LogP contribution >= 0.6 is 0 Å². The molecule has 1 aliphatic heterocycles. The molecule has 0 spiro atoms. The van der Waals surface area contributed by atoms with Crippen molar-refractivity contribution in [2.45, 2.75) is 355 Å². The number of halogens is 7. The lowest BCUT2D eigenvalue weighted by Gasteiger charge is -2.23. The van der Waals surface area contributed by atoms with Gasteiger partial charge < -0.3 is 14.2 Å². The van der Waals surface area contributed by atoms with Crippen LogP contribution in [0, 0.1) is 48.7 Å². The van der Waals surface area contributed by atoms with Crippen LogP contribution < -0.4 is 14.2 Å². The maximum Gasteiger partial charge on any atom is 0.573 e. The van der Waals surface area contributed by atoms with Gasteiger partial charge in [-0.1, -0.05) is 467 Å². The lowest BCUT2D eigenvalue weighted by Crippen LogP contribution is -2.18. The molecular weight excluding hydrogens is 1760 g/mol. The molecule has 1 heterocycles. The van der Waals surface area contributed by atoms with Crippen molar-refractivity contribution in [1.82, 2.24) is 0 Å². The number of Topliss-reactive ketones (excluding diaryl/α,β-unsaturated/α-hetero) is 1. The van der Waals surface area contributed by atoms with Crippen LogP contribution in [0.4, 0.5) is 42.1 Å². The summed E-state index contributed by atoms with van der Waals surface area (Å²) in [7, 11) is 0. The number of ether oxygens (including phenoxy) is 3. The normalized spacial score (nSPS) is 12.3. The van der Waals surface area contributed by atoms with Crippen LogP contribution in [-0.4, -0.2) is 30.3 Å². The van der Waals surface area contributed by atoms with E-state index in [1.165, 1.54) is 91.5 Å². The van der Waals surface area contributed by atoms with E-state index in [9.17, 15) is 45.6 Å². The number of fused-ring (bicyclic) bond motifs is 1. The first-order chi connectivity index (χ1) is 63.5. The van der Waals surface area contributed by atoms with E-state index < -0.39 is 18.1 Å². The lowest BCUT2D eigenvalue weighted by atomic mass is 9.82. The molecule has 0 aliphatic carbocycles. The third-order valence-electron chi connectivity index (χ3n) is 22.4. The summed E-state index contributed by atoms with van der Waals surface area (Å²) >= 11 is 0. The Balaban J connectivity index is 0.000000521. The number of nitrogens with zero attached hydrogens (tertiary/aromatic N) is 2. The topological polar surface area (TPSA) is 92.3 Å². The SMILES string of the molecule is CC(=O)c1ccc(C(C)(C)C)cc1.CC(C)(C)Cc1ccccc1.CC(C)(C)c1ccc(C(C)(C)C)cc1.CC(C)(C)c1ccc([N+](=O)[O-])cc1.CC(C)(C)c1ccc2c(c1)OCCO2.CC(C)(C)c1cccc(C(F)(F)F)c1.CC(C)(C)c1cccc(OC(F)(F)F)c1.Cc1cc(F)ccc1C(C)(C)C.Cc1ccc(C(C)(C)C)cc1.Cc1ccc(C(C)(C)C)cc1.[C-]#[N+]c1ccc(C(C)(C)C)cc1. The van der Waals surface area contributed by atoms with Crippen molar-refractivity contribution in [3.63, 3.8) is 0 Å². The number of ketones is 1. The first-order valence-electron chi connectivity index (χ1n) is 48.4. The zero-order valence-corrected chi connectivity index (χ0v) is 92.4. The molecule has 11 aromatic carbocycles. The van der Waals surface area contributed by atoms with Crippen LogP contribution in [0.25, 0.3) is 4.85 Å². The Labute approximate surface area is 841 Å². The molecule has 0 saturated heterocycles. The van der Waals surface area contributed by atoms with E-state index in [-0.39, 0.29) is 87.5 Å². The third kappa shape index (κ3) is 49.3. The second-order valence-corrected chi connectivity index (χ2v) is 48.4. The van der Waals surface area contributed by atoms with Gasteiger partial charge in [0.25, 0.3) is 5.69 Å². The molecule has 0 radical (unpaired) electrons. The second-order valence-electron chi connectivity index (χ2n) is 48.4. The van der Waals surface area contributed by atoms with Crippen molar-refractivity contribution < 1.29 is 54.7 Å². The maximum atomic E-state index is 12.7. The summed E-state index contributed by atoms with van der Waals surface area (Å²) in [6, 6.07) is 82.1. The predicted octanol–water partition coefficient (Wildman–Crippen LogP) is 37.8. The molecule has 0 amide bonds. The van der Waals surface area contributed by atoms with Gasteiger partial charge in [0.05, 0.1) is 17.1 Å². The van der Waals surface area contributed by atoms with E-state index >= 15 is 0 Å². The molecule has 0 bridgehead atoms. The summed E-state index contributed by atoms with van der Waals surface area (Å²) in [4.78, 5) is 24.3. The minimum Gasteiger partial charge on any atom is -0.486 e. The van der Waals surface area contributed by atoms with Crippen molar-refractivity contribution in [2.75, 3.05) is 13.2 Å². The highest BCUT2D eigenvalue weighted by Gasteiger charge is 2.33. The monoisotopic (exact) mass is 1930 g/mol. The summed E-state index contributed by atoms with van der Waals surface area (Å²) < 4.78 is 100. The number of non-ortho nitro benzene ring substituents is 1. The quantitative estimate of drug-likeness (QED) is 0.0573. The Bertz CT molecular complexity index is 5380. The Morgan fingerprint density at radius 2 is 0.664 bits per heavy atom. The smallest absolute Gasteiger partial charge is 0.486 e. The number of carbonyl (C=O) groups excluding carboxylic acids is 1. The average molecular weight is 1930 g/mol. The van der Waals surface area contributed by atoms with Gasteiger partial charge in [-0.25, -0.2) is 9.24 Å². The van der Waals surface area contributed by atoms with Gasteiger partial charge in [0.2, 0.25) is 0 Å². The molecule has 11 aromatic rings. The molecular formula is C125H169F7N2O6. The predicted molar refractivity (Wildman–Crippen MR) is 579 cm³/mol. The Morgan fingerprint density at radius 3 is 0.986 bits per heavy atom. The molecule has 1 aliphatic rings. The summed E-state index contributed by atoms with van der Waals surface area (Å²) in [6.07, 6.45) is -7.72. The van der Waals surface area contributed by atoms with Crippen molar-refractivity contribution in [2.24, 2.45) is 5.41 Å². The number of nitro groups is 1. The number of nitro benzene ring substituents is 1. The molecule has 0 atom stereocenters. The summed E-state index contributed by atoms with van der Waals surface area (Å²) in [6.45, 7) is 93.2. The van der Waals surface area contributed by atoms with E-state index in [2.05, 4.69) is 346 Å². The highest BCUT2D eigenvalue weighted by molar-refractivity contribution is 5.94. The fourth-order valence-corrected chi connectivity index (χ4v) is 13.4. The van der Waals surface area contributed by atoms with Crippen molar-refractivity contribution in [1.29, 1.82) is 0 Å². The van der Waals surface area contributed by atoms with Gasteiger partial charge in [-0.3, -0.25) is 14.9 Å². The molecule has 12 rings (SSSR count). The van der Waals surface area contributed by atoms with Crippen molar-refractivity contribution >= 4 is 17.2 Å². The van der Waals surface area contributed by atoms with Crippen molar-refractivity contribution in [3.05, 3.63) is 383 Å². The van der Waals surface area contributed by atoms with Gasteiger partial charge in [0.15, 0.2) is 23.0 Å². The molecule has 15 heteroatoms. The highest BCUT2D eigenvalue weighted by atomic mass is 19.4. The first kappa shape index (κ1) is 125. The number of alkyl halides is 6. The molecule has 764 valence electrons. The molecule has 0 fully saturated rings.